The van der Waals surface area contributed by atoms with Crippen LogP contribution in [-0.4, -0.2) is 46.5 Å². The molecule has 1 aliphatic heterocycles. The average molecular weight is 510 g/mol. The summed E-state index contributed by atoms with van der Waals surface area (Å²) in [5.74, 6) is -0.140. The van der Waals surface area contributed by atoms with Crippen molar-refractivity contribution in [2.45, 2.75) is 25.1 Å². The van der Waals surface area contributed by atoms with E-state index in [9.17, 15) is 22.8 Å². The number of carbonyl (C=O) groups excluding carboxylic acids is 1. The number of amides is 1. The van der Waals surface area contributed by atoms with Crippen LogP contribution in [0.25, 0.3) is 16.8 Å². The molecule has 0 N–H and O–H groups in total. The number of pyridine rings is 1. The molecular weight excluding hydrogens is 491 g/mol. The number of ether oxygens (including phenoxy) is 1. The van der Waals surface area contributed by atoms with E-state index in [0.29, 0.717) is 29.9 Å². The fourth-order valence-corrected chi connectivity index (χ4v) is 4.29. The third-order valence-electron chi connectivity index (χ3n) is 5.57. The zero-order valence-electron chi connectivity index (χ0n) is 17.0. The third kappa shape index (κ3) is 4.16. The minimum absolute atomic E-state index is 0.101. The van der Waals surface area contributed by atoms with Crippen molar-refractivity contribution in [2.24, 2.45) is 0 Å². The Balaban J connectivity index is 1.71. The second-order valence-corrected chi connectivity index (χ2v) is 8.32. The van der Waals surface area contributed by atoms with E-state index in [0.717, 1.165) is 17.2 Å². The van der Waals surface area contributed by atoms with Crippen molar-refractivity contribution in [2.75, 3.05) is 20.3 Å². The van der Waals surface area contributed by atoms with E-state index >= 15 is 0 Å². The first-order chi connectivity index (χ1) is 15.2. The molecular formula is C22H19BrF3N3O3. The highest BCUT2D eigenvalue weighted by Crippen LogP contribution is 2.33. The van der Waals surface area contributed by atoms with Gasteiger partial charge < -0.3 is 9.64 Å². The number of hydrogen-bond acceptors (Lipinski definition) is 4. The number of nitrogens with zero attached hydrogens (tertiary/aromatic N) is 3. The van der Waals surface area contributed by atoms with Gasteiger partial charge in [0.15, 0.2) is 5.69 Å². The number of halogens is 4. The van der Waals surface area contributed by atoms with Gasteiger partial charge in [0, 0.05) is 43.6 Å². The molecule has 0 unspecified atom stereocenters. The lowest BCUT2D eigenvalue weighted by Crippen LogP contribution is -2.40. The summed E-state index contributed by atoms with van der Waals surface area (Å²) in [7, 11) is 1.75. The van der Waals surface area contributed by atoms with Gasteiger partial charge in [-0.3, -0.25) is 14.0 Å². The smallest absolute Gasteiger partial charge is 0.381 e. The number of fused-ring (bicyclic) bond motifs is 1. The molecule has 3 heterocycles. The van der Waals surface area contributed by atoms with Crippen molar-refractivity contribution < 1.29 is 22.7 Å². The third-order valence-corrected chi connectivity index (χ3v) is 6.28. The van der Waals surface area contributed by atoms with E-state index in [2.05, 4.69) is 20.9 Å². The lowest BCUT2D eigenvalue weighted by Gasteiger charge is -2.31. The van der Waals surface area contributed by atoms with E-state index in [-0.39, 0.29) is 17.6 Å². The topological polar surface area (TPSA) is 63.9 Å². The van der Waals surface area contributed by atoms with Crippen LogP contribution in [0.3, 0.4) is 0 Å². The first-order valence-corrected chi connectivity index (χ1v) is 10.7. The molecule has 0 spiro atoms. The maximum Gasteiger partial charge on any atom is 0.434 e. The standard InChI is InChI=1S/C22H19BrF3N3O3/c1-28(15-8-11-32-12-9-15)20(30)14-6-4-13(5-7-14)16-3-2-10-29-19(16)27-18(22(24,25)26)17(23)21(29)31/h2-7,10,15H,8-9,11-12H2,1H3. The molecule has 4 rings (SSSR count). The van der Waals surface area contributed by atoms with Crippen molar-refractivity contribution >= 4 is 27.5 Å². The molecule has 0 radical (unpaired) electrons. The zero-order chi connectivity index (χ0) is 23.0. The molecule has 1 aromatic carbocycles. The quantitative estimate of drug-likeness (QED) is 0.525. The summed E-state index contributed by atoms with van der Waals surface area (Å²) in [5, 5.41) is 0. The summed E-state index contributed by atoms with van der Waals surface area (Å²) in [6, 6.07) is 9.77. The predicted molar refractivity (Wildman–Crippen MR) is 116 cm³/mol. The van der Waals surface area contributed by atoms with Crippen molar-refractivity contribution in [1.82, 2.24) is 14.3 Å². The lowest BCUT2D eigenvalue weighted by molar-refractivity contribution is -0.141. The van der Waals surface area contributed by atoms with Crippen LogP contribution in [0.2, 0.25) is 0 Å². The average Bonchev–Trinajstić information content (AvgIpc) is 2.80. The van der Waals surface area contributed by atoms with Crippen LogP contribution in [0.15, 0.2) is 51.9 Å². The van der Waals surface area contributed by atoms with Gasteiger partial charge in [-0.1, -0.05) is 12.1 Å². The Kier molecular flexibility index (Phi) is 6.09. The van der Waals surface area contributed by atoms with Crippen LogP contribution in [0.1, 0.15) is 28.9 Å². The monoisotopic (exact) mass is 509 g/mol. The molecule has 0 bridgehead atoms. The van der Waals surface area contributed by atoms with Crippen molar-refractivity contribution in [3.05, 3.63) is 68.7 Å². The lowest BCUT2D eigenvalue weighted by atomic mass is 10.0. The summed E-state index contributed by atoms with van der Waals surface area (Å²) in [5.41, 5.74) is -0.901. The fraction of sp³-hybridized carbons (Fsp3) is 0.318. The van der Waals surface area contributed by atoms with Gasteiger partial charge >= 0.3 is 6.18 Å². The van der Waals surface area contributed by atoms with Crippen LogP contribution in [0, 0.1) is 0 Å². The van der Waals surface area contributed by atoms with Gasteiger partial charge in [-0.2, -0.15) is 13.2 Å². The van der Waals surface area contributed by atoms with E-state index in [1.165, 1.54) is 6.20 Å². The first kappa shape index (κ1) is 22.5. The van der Waals surface area contributed by atoms with E-state index in [1.54, 1.807) is 48.3 Å². The van der Waals surface area contributed by atoms with Gasteiger partial charge in [-0.25, -0.2) is 4.98 Å². The van der Waals surface area contributed by atoms with Crippen molar-refractivity contribution in [3.63, 3.8) is 0 Å². The molecule has 2 aromatic heterocycles. The maximum absolute atomic E-state index is 13.4. The van der Waals surface area contributed by atoms with Gasteiger partial charge in [0.05, 0.1) is 0 Å². The Morgan fingerprint density at radius 1 is 1.19 bits per heavy atom. The van der Waals surface area contributed by atoms with Crippen molar-refractivity contribution in [1.29, 1.82) is 0 Å². The Morgan fingerprint density at radius 2 is 1.84 bits per heavy atom. The number of carbonyl (C=O) groups is 1. The Labute approximate surface area is 189 Å². The van der Waals surface area contributed by atoms with Crippen molar-refractivity contribution in [3.8, 4) is 11.1 Å². The van der Waals surface area contributed by atoms with Gasteiger partial charge in [0.25, 0.3) is 11.5 Å². The van der Waals surface area contributed by atoms with E-state index in [4.69, 9.17) is 4.74 Å². The Morgan fingerprint density at radius 3 is 2.47 bits per heavy atom. The highest BCUT2D eigenvalue weighted by molar-refractivity contribution is 9.10. The Bertz CT molecular complexity index is 1220. The molecule has 0 aliphatic carbocycles. The van der Waals surface area contributed by atoms with Gasteiger partial charge in [-0.05, 0) is 58.6 Å². The number of benzene rings is 1. The summed E-state index contributed by atoms with van der Waals surface area (Å²) in [4.78, 5) is 30.7. The van der Waals surface area contributed by atoms with Crippen LogP contribution in [-0.2, 0) is 10.9 Å². The highest BCUT2D eigenvalue weighted by atomic mass is 79.9. The molecule has 0 saturated carbocycles. The van der Waals surface area contributed by atoms with Crippen LogP contribution >= 0.6 is 15.9 Å². The number of alkyl halides is 3. The van der Waals surface area contributed by atoms with Gasteiger partial charge in [-0.15, -0.1) is 0 Å². The summed E-state index contributed by atoms with van der Waals surface area (Å²) in [6.45, 7) is 1.23. The molecule has 3 aromatic rings. The summed E-state index contributed by atoms with van der Waals surface area (Å²) >= 11 is 2.72. The minimum atomic E-state index is -4.79. The minimum Gasteiger partial charge on any atom is -0.381 e. The molecule has 1 amide bonds. The number of rotatable bonds is 3. The Hall–Kier alpha value is -2.72. The molecule has 168 valence electrons. The largest absolute Gasteiger partial charge is 0.434 e. The predicted octanol–water partition coefficient (Wildman–Crippen LogP) is 4.39. The highest BCUT2D eigenvalue weighted by Gasteiger charge is 2.37. The molecule has 10 heteroatoms. The van der Waals surface area contributed by atoms with E-state index < -0.39 is 21.9 Å². The number of aromatic nitrogens is 2. The van der Waals surface area contributed by atoms with Crippen LogP contribution in [0.5, 0.6) is 0 Å². The summed E-state index contributed by atoms with van der Waals surface area (Å²) < 4.78 is 45.9. The van der Waals surface area contributed by atoms with E-state index in [1.807, 2.05) is 0 Å². The van der Waals surface area contributed by atoms with Gasteiger partial charge in [0.2, 0.25) is 0 Å². The molecule has 0 atom stereocenters. The molecule has 1 aliphatic rings. The molecule has 6 nitrogen and oxygen atoms in total. The van der Waals surface area contributed by atoms with Crippen LogP contribution < -0.4 is 5.56 Å². The second kappa shape index (κ2) is 8.67. The zero-order valence-corrected chi connectivity index (χ0v) is 18.6. The molecule has 1 fully saturated rings. The van der Waals surface area contributed by atoms with Gasteiger partial charge in [0.1, 0.15) is 10.1 Å². The fourth-order valence-electron chi connectivity index (χ4n) is 3.79. The maximum atomic E-state index is 13.4. The molecule has 1 saturated heterocycles. The normalized spacial score (nSPS) is 15.2. The van der Waals surface area contributed by atoms with Crippen LogP contribution in [0.4, 0.5) is 13.2 Å². The second-order valence-electron chi connectivity index (χ2n) is 7.53. The first-order valence-electron chi connectivity index (χ1n) is 9.92. The SMILES string of the molecule is CN(C(=O)c1ccc(-c2cccn3c(=O)c(Br)c(C(F)(F)F)nc23)cc1)C1CCOCC1. The summed E-state index contributed by atoms with van der Waals surface area (Å²) in [6.07, 6.45) is -1.88. The number of hydrogen-bond donors (Lipinski definition) is 0. The molecule has 32 heavy (non-hydrogen) atoms.